The molecule has 0 amide bonds. The summed E-state index contributed by atoms with van der Waals surface area (Å²) in [5.41, 5.74) is 0.333. The third-order valence-corrected chi connectivity index (χ3v) is 2.41. The molecular weight excluding hydrogens is 244 g/mol. The van der Waals surface area contributed by atoms with Crippen molar-refractivity contribution in [3.63, 3.8) is 0 Å². The Morgan fingerprint density at radius 2 is 1.68 bits per heavy atom. The number of aliphatic hydroxyl groups is 1. The van der Waals surface area contributed by atoms with E-state index < -0.39 is 5.97 Å². The number of rotatable bonds is 5. The van der Waals surface area contributed by atoms with Crippen LogP contribution in [0.25, 0.3) is 0 Å². The number of aliphatic hydroxyl groups excluding tert-OH is 1. The number of carbonyl (C=O) groups is 1. The molecule has 2 aromatic rings. The largest absolute Gasteiger partial charge is 0.490 e. The average Bonchev–Trinajstić information content (AvgIpc) is 2.46. The van der Waals surface area contributed by atoms with Gasteiger partial charge in [0, 0.05) is 0 Å². The number of carbonyl (C=O) groups excluding carboxylic acids is 1. The maximum Gasteiger partial charge on any atom is 0.347 e. The summed E-state index contributed by atoms with van der Waals surface area (Å²) in [6, 6.07) is 15.6. The Morgan fingerprint density at radius 1 is 1.00 bits per heavy atom. The summed E-state index contributed by atoms with van der Waals surface area (Å²) in [6.07, 6.45) is 0. The van der Waals surface area contributed by atoms with Crippen LogP contribution >= 0.6 is 0 Å². The Labute approximate surface area is 111 Å². The molecular formula is C15H14O4. The third kappa shape index (κ3) is 3.56. The van der Waals surface area contributed by atoms with Gasteiger partial charge in [0.15, 0.2) is 0 Å². The standard InChI is InChI=1S/C15H14O4/c16-10-11-18-14-9-5-4-8-13(14)15(17)19-12-6-2-1-3-7-12/h1-9,16H,10-11H2. The molecule has 0 saturated carbocycles. The SMILES string of the molecule is O=C(Oc1ccccc1)c1ccccc1OCCO. The lowest BCUT2D eigenvalue weighted by atomic mass is 10.2. The summed E-state index contributed by atoms with van der Waals surface area (Å²) < 4.78 is 10.5. The Kier molecular flexibility index (Phi) is 4.53. The molecule has 0 aromatic heterocycles. The van der Waals surface area contributed by atoms with Crippen LogP contribution in [0.1, 0.15) is 10.4 Å². The minimum atomic E-state index is -0.486. The van der Waals surface area contributed by atoms with Crippen LogP contribution in [-0.2, 0) is 0 Å². The maximum absolute atomic E-state index is 12.0. The van der Waals surface area contributed by atoms with Crippen LogP contribution in [0.4, 0.5) is 0 Å². The lowest BCUT2D eigenvalue weighted by Crippen LogP contribution is -2.12. The fraction of sp³-hybridized carbons (Fsp3) is 0.133. The van der Waals surface area contributed by atoms with Crippen molar-refractivity contribution in [3.8, 4) is 11.5 Å². The minimum absolute atomic E-state index is 0.109. The highest BCUT2D eigenvalue weighted by atomic mass is 16.5. The van der Waals surface area contributed by atoms with Crippen LogP contribution in [0.2, 0.25) is 0 Å². The monoisotopic (exact) mass is 258 g/mol. The quantitative estimate of drug-likeness (QED) is 0.660. The molecule has 0 atom stereocenters. The second-order valence-corrected chi connectivity index (χ2v) is 3.77. The van der Waals surface area contributed by atoms with Crippen LogP contribution in [0.5, 0.6) is 11.5 Å². The van der Waals surface area contributed by atoms with Crippen LogP contribution < -0.4 is 9.47 Å². The van der Waals surface area contributed by atoms with E-state index in [0.29, 0.717) is 17.1 Å². The third-order valence-electron chi connectivity index (χ3n) is 2.41. The molecule has 0 aliphatic carbocycles. The summed E-state index contributed by atoms with van der Waals surface area (Å²) in [5, 5.41) is 8.75. The number of para-hydroxylation sites is 2. The normalized spacial score (nSPS) is 9.95. The van der Waals surface area contributed by atoms with Crippen molar-refractivity contribution >= 4 is 5.97 Å². The molecule has 0 spiro atoms. The molecule has 0 radical (unpaired) electrons. The molecule has 19 heavy (non-hydrogen) atoms. The molecule has 2 aromatic carbocycles. The van der Waals surface area contributed by atoms with Gasteiger partial charge in [-0.05, 0) is 24.3 Å². The molecule has 0 unspecified atom stereocenters. The van der Waals surface area contributed by atoms with Gasteiger partial charge in [-0.25, -0.2) is 4.79 Å². The van der Waals surface area contributed by atoms with Crippen LogP contribution in [0, 0.1) is 0 Å². The van der Waals surface area contributed by atoms with Crippen molar-refractivity contribution in [2.24, 2.45) is 0 Å². The lowest BCUT2D eigenvalue weighted by molar-refractivity contribution is 0.0728. The first kappa shape index (κ1) is 13.1. The molecule has 4 nitrogen and oxygen atoms in total. The van der Waals surface area contributed by atoms with Crippen molar-refractivity contribution in [2.75, 3.05) is 13.2 Å². The summed E-state index contributed by atoms with van der Waals surface area (Å²) in [6.45, 7) is 0.0255. The number of esters is 1. The first-order valence-electron chi connectivity index (χ1n) is 5.91. The van der Waals surface area contributed by atoms with E-state index in [2.05, 4.69) is 0 Å². The van der Waals surface area contributed by atoms with E-state index >= 15 is 0 Å². The van der Waals surface area contributed by atoms with Crippen LogP contribution in [0.3, 0.4) is 0 Å². The van der Waals surface area contributed by atoms with Gasteiger partial charge in [0.05, 0.1) is 6.61 Å². The number of hydrogen-bond donors (Lipinski definition) is 1. The molecule has 4 heteroatoms. The smallest absolute Gasteiger partial charge is 0.347 e. The molecule has 2 rings (SSSR count). The summed E-state index contributed by atoms with van der Waals surface area (Å²) in [4.78, 5) is 12.0. The Morgan fingerprint density at radius 3 is 2.42 bits per heavy atom. The van der Waals surface area contributed by atoms with Gasteiger partial charge in [0.1, 0.15) is 23.7 Å². The lowest BCUT2D eigenvalue weighted by Gasteiger charge is -2.10. The van der Waals surface area contributed by atoms with Gasteiger partial charge < -0.3 is 14.6 Å². The Bertz CT molecular complexity index is 537. The van der Waals surface area contributed by atoms with Gasteiger partial charge in [-0.15, -0.1) is 0 Å². The zero-order chi connectivity index (χ0) is 13.5. The van der Waals surface area contributed by atoms with Crippen molar-refractivity contribution in [1.82, 2.24) is 0 Å². The molecule has 98 valence electrons. The summed E-state index contributed by atoms with van der Waals surface area (Å²) in [5.74, 6) is 0.390. The van der Waals surface area contributed by atoms with E-state index in [1.54, 1.807) is 48.5 Å². The highest BCUT2D eigenvalue weighted by molar-refractivity contribution is 5.93. The topological polar surface area (TPSA) is 55.8 Å². The van der Waals surface area contributed by atoms with Crippen LogP contribution in [0.15, 0.2) is 54.6 Å². The van der Waals surface area contributed by atoms with Crippen molar-refractivity contribution < 1.29 is 19.4 Å². The predicted octanol–water partition coefficient (Wildman–Crippen LogP) is 2.28. The second-order valence-electron chi connectivity index (χ2n) is 3.77. The number of benzene rings is 2. The van der Waals surface area contributed by atoms with E-state index in [9.17, 15) is 4.79 Å². The molecule has 0 heterocycles. The molecule has 0 aliphatic rings. The van der Waals surface area contributed by atoms with E-state index in [0.717, 1.165) is 0 Å². The van der Waals surface area contributed by atoms with Crippen molar-refractivity contribution in [2.45, 2.75) is 0 Å². The summed E-state index contributed by atoms with van der Waals surface area (Å²) in [7, 11) is 0. The summed E-state index contributed by atoms with van der Waals surface area (Å²) >= 11 is 0. The zero-order valence-electron chi connectivity index (χ0n) is 10.3. The van der Waals surface area contributed by atoms with Gasteiger partial charge >= 0.3 is 5.97 Å². The van der Waals surface area contributed by atoms with E-state index in [1.807, 2.05) is 6.07 Å². The minimum Gasteiger partial charge on any atom is -0.490 e. The Hall–Kier alpha value is -2.33. The van der Waals surface area contributed by atoms with E-state index in [4.69, 9.17) is 14.6 Å². The van der Waals surface area contributed by atoms with Gasteiger partial charge in [-0.2, -0.15) is 0 Å². The number of ether oxygens (including phenoxy) is 2. The van der Waals surface area contributed by atoms with Gasteiger partial charge in [-0.3, -0.25) is 0 Å². The molecule has 0 fully saturated rings. The average molecular weight is 258 g/mol. The van der Waals surface area contributed by atoms with Crippen LogP contribution in [-0.4, -0.2) is 24.3 Å². The maximum atomic E-state index is 12.0. The van der Waals surface area contributed by atoms with E-state index in [1.165, 1.54) is 0 Å². The molecule has 0 aliphatic heterocycles. The highest BCUT2D eigenvalue weighted by Gasteiger charge is 2.14. The first-order chi connectivity index (χ1) is 9.31. The van der Waals surface area contributed by atoms with Gasteiger partial charge in [-0.1, -0.05) is 30.3 Å². The fourth-order valence-electron chi connectivity index (χ4n) is 1.57. The second kappa shape index (κ2) is 6.56. The van der Waals surface area contributed by atoms with Gasteiger partial charge in [0.25, 0.3) is 0 Å². The first-order valence-corrected chi connectivity index (χ1v) is 5.91. The van der Waals surface area contributed by atoms with Crippen molar-refractivity contribution in [1.29, 1.82) is 0 Å². The van der Waals surface area contributed by atoms with E-state index in [-0.39, 0.29) is 13.2 Å². The fourth-order valence-corrected chi connectivity index (χ4v) is 1.57. The predicted molar refractivity (Wildman–Crippen MR) is 70.4 cm³/mol. The molecule has 0 bridgehead atoms. The molecule has 0 saturated heterocycles. The molecule has 1 N–H and O–H groups in total. The zero-order valence-corrected chi connectivity index (χ0v) is 10.3. The number of hydrogen-bond acceptors (Lipinski definition) is 4. The Balaban J connectivity index is 2.14. The van der Waals surface area contributed by atoms with Gasteiger partial charge in [0.2, 0.25) is 0 Å². The van der Waals surface area contributed by atoms with Crippen molar-refractivity contribution in [3.05, 3.63) is 60.2 Å². The highest BCUT2D eigenvalue weighted by Crippen LogP contribution is 2.20.